The molecule has 0 aliphatic carbocycles. The Bertz CT molecular complexity index is 706. The van der Waals surface area contributed by atoms with Gasteiger partial charge >= 0.3 is 0 Å². The highest BCUT2D eigenvalue weighted by Crippen LogP contribution is 2.14. The van der Waals surface area contributed by atoms with E-state index in [0.717, 1.165) is 5.56 Å². The van der Waals surface area contributed by atoms with Crippen molar-refractivity contribution in [3.05, 3.63) is 70.7 Å². The summed E-state index contributed by atoms with van der Waals surface area (Å²) >= 11 is 5.75. The topological polar surface area (TPSA) is 70.0 Å². The predicted molar refractivity (Wildman–Crippen MR) is 83.2 cm³/mol. The number of benzene rings is 2. The second kappa shape index (κ2) is 7.39. The van der Waals surface area contributed by atoms with Crippen LogP contribution in [0.2, 0.25) is 5.02 Å². The second-order valence-electron chi connectivity index (χ2n) is 4.64. The van der Waals surface area contributed by atoms with Gasteiger partial charge < -0.3 is 5.32 Å². The zero-order valence-corrected chi connectivity index (χ0v) is 12.4. The Balaban J connectivity index is 2.04. The minimum atomic E-state index is -1.37. The second-order valence-corrected chi connectivity index (χ2v) is 5.07. The van der Waals surface area contributed by atoms with E-state index in [1.807, 2.05) is 30.3 Å². The molecule has 0 fully saturated rings. The van der Waals surface area contributed by atoms with Crippen molar-refractivity contribution < 1.29 is 9.59 Å². The quantitative estimate of drug-likeness (QED) is 0.681. The molecule has 110 valence electrons. The summed E-state index contributed by atoms with van der Waals surface area (Å²) in [5.74, 6) is -2.51. The van der Waals surface area contributed by atoms with Crippen molar-refractivity contribution in [1.82, 2.24) is 5.32 Å². The van der Waals surface area contributed by atoms with E-state index in [2.05, 4.69) is 5.32 Å². The maximum atomic E-state index is 12.2. The van der Waals surface area contributed by atoms with Crippen LogP contribution in [0.25, 0.3) is 0 Å². The average Bonchev–Trinajstić information content (AvgIpc) is 2.55. The SMILES string of the molecule is N#C[C@@H](C(=O)NCc1ccccc1)C(=O)c1ccc(Cl)cc1. The lowest BCUT2D eigenvalue weighted by molar-refractivity contribution is -0.122. The van der Waals surface area contributed by atoms with Gasteiger partial charge in [-0.25, -0.2) is 0 Å². The van der Waals surface area contributed by atoms with Gasteiger partial charge in [0, 0.05) is 17.1 Å². The third-order valence-corrected chi connectivity index (χ3v) is 3.34. The molecular formula is C17H13ClN2O2. The molecule has 5 heteroatoms. The molecule has 0 heterocycles. The van der Waals surface area contributed by atoms with Crippen LogP contribution in [-0.2, 0) is 11.3 Å². The van der Waals surface area contributed by atoms with E-state index in [-0.39, 0.29) is 12.1 Å². The van der Waals surface area contributed by atoms with Gasteiger partial charge in [-0.15, -0.1) is 0 Å². The molecule has 0 aromatic heterocycles. The lowest BCUT2D eigenvalue weighted by Crippen LogP contribution is -2.34. The molecule has 0 bridgehead atoms. The van der Waals surface area contributed by atoms with E-state index in [4.69, 9.17) is 16.9 Å². The summed E-state index contributed by atoms with van der Waals surface area (Å²) in [7, 11) is 0. The molecule has 4 nitrogen and oxygen atoms in total. The van der Waals surface area contributed by atoms with Gasteiger partial charge in [-0.3, -0.25) is 9.59 Å². The first-order valence-electron chi connectivity index (χ1n) is 6.63. The highest BCUT2D eigenvalue weighted by molar-refractivity contribution is 6.30. The molecule has 0 aliphatic heterocycles. The van der Waals surface area contributed by atoms with Crippen molar-refractivity contribution in [1.29, 1.82) is 5.26 Å². The number of ketones is 1. The summed E-state index contributed by atoms with van der Waals surface area (Å²) in [6, 6.07) is 17.1. The Labute approximate surface area is 133 Å². The zero-order valence-electron chi connectivity index (χ0n) is 11.6. The van der Waals surface area contributed by atoms with E-state index in [9.17, 15) is 9.59 Å². The van der Waals surface area contributed by atoms with Crippen LogP contribution >= 0.6 is 11.6 Å². The van der Waals surface area contributed by atoms with Crippen LogP contribution in [0.5, 0.6) is 0 Å². The van der Waals surface area contributed by atoms with E-state index in [0.29, 0.717) is 5.02 Å². The van der Waals surface area contributed by atoms with Crippen molar-refractivity contribution in [2.45, 2.75) is 6.54 Å². The molecule has 0 radical (unpaired) electrons. The predicted octanol–water partition coefficient (Wildman–Crippen LogP) is 2.98. The number of hydrogen-bond acceptors (Lipinski definition) is 3. The molecule has 1 amide bonds. The Kier molecular flexibility index (Phi) is 5.29. The van der Waals surface area contributed by atoms with E-state index in [1.54, 1.807) is 18.2 Å². The van der Waals surface area contributed by atoms with Gasteiger partial charge in [-0.05, 0) is 29.8 Å². The van der Waals surface area contributed by atoms with E-state index >= 15 is 0 Å². The Morgan fingerprint density at radius 1 is 1.09 bits per heavy atom. The molecular weight excluding hydrogens is 300 g/mol. The summed E-state index contributed by atoms with van der Waals surface area (Å²) in [5.41, 5.74) is 1.18. The summed E-state index contributed by atoms with van der Waals surface area (Å²) in [6.07, 6.45) is 0. The fraction of sp³-hybridized carbons (Fsp3) is 0.118. The number of nitrogens with zero attached hydrogens (tertiary/aromatic N) is 1. The van der Waals surface area contributed by atoms with Gasteiger partial charge in [-0.2, -0.15) is 5.26 Å². The third-order valence-electron chi connectivity index (χ3n) is 3.09. The lowest BCUT2D eigenvalue weighted by atomic mass is 9.98. The highest BCUT2D eigenvalue weighted by atomic mass is 35.5. The maximum Gasteiger partial charge on any atom is 0.245 e. The fourth-order valence-electron chi connectivity index (χ4n) is 1.90. The summed E-state index contributed by atoms with van der Waals surface area (Å²) in [6.45, 7) is 0.270. The first kappa shape index (κ1) is 15.7. The summed E-state index contributed by atoms with van der Waals surface area (Å²) in [4.78, 5) is 24.3. The number of carbonyl (C=O) groups excluding carboxylic acids is 2. The molecule has 0 saturated heterocycles. The van der Waals surface area contributed by atoms with Crippen LogP contribution in [0.1, 0.15) is 15.9 Å². The van der Waals surface area contributed by atoms with Crippen molar-refractivity contribution in [2.75, 3.05) is 0 Å². The molecule has 0 unspecified atom stereocenters. The number of hydrogen-bond donors (Lipinski definition) is 1. The number of amides is 1. The molecule has 22 heavy (non-hydrogen) atoms. The first-order chi connectivity index (χ1) is 10.6. The van der Waals surface area contributed by atoms with Crippen molar-refractivity contribution in [3.63, 3.8) is 0 Å². The number of halogens is 1. The number of nitrogens with one attached hydrogen (secondary N) is 1. The van der Waals surface area contributed by atoms with Crippen LogP contribution in [0.15, 0.2) is 54.6 Å². The molecule has 2 rings (SSSR count). The minimum absolute atomic E-state index is 0.270. The van der Waals surface area contributed by atoms with Crippen LogP contribution in [0, 0.1) is 17.2 Å². The van der Waals surface area contributed by atoms with Crippen molar-refractivity contribution in [3.8, 4) is 6.07 Å². The van der Waals surface area contributed by atoms with Gasteiger partial charge in [0.25, 0.3) is 0 Å². The highest BCUT2D eigenvalue weighted by Gasteiger charge is 2.27. The van der Waals surface area contributed by atoms with Gasteiger partial charge in [0.2, 0.25) is 5.91 Å². The molecule has 0 aliphatic rings. The van der Waals surface area contributed by atoms with E-state index < -0.39 is 17.6 Å². The smallest absolute Gasteiger partial charge is 0.245 e. The Morgan fingerprint density at radius 2 is 1.73 bits per heavy atom. The maximum absolute atomic E-state index is 12.2. The Hall–Kier alpha value is -2.64. The fourth-order valence-corrected chi connectivity index (χ4v) is 2.03. The first-order valence-corrected chi connectivity index (χ1v) is 7.00. The minimum Gasteiger partial charge on any atom is -0.350 e. The van der Waals surface area contributed by atoms with Gasteiger partial charge in [0.1, 0.15) is 0 Å². The zero-order chi connectivity index (χ0) is 15.9. The third kappa shape index (κ3) is 3.94. The summed E-state index contributed by atoms with van der Waals surface area (Å²) < 4.78 is 0. The Morgan fingerprint density at radius 3 is 2.32 bits per heavy atom. The molecule has 0 saturated carbocycles. The molecule has 0 spiro atoms. The van der Waals surface area contributed by atoms with Crippen LogP contribution < -0.4 is 5.32 Å². The molecule has 2 aromatic carbocycles. The molecule has 1 N–H and O–H groups in total. The standard InChI is InChI=1S/C17H13ClN2O2/c18-14-8-6-13(7-9-14)16(21)15(10-19)17(22)20-11-12-4-2-1-3-5-12/h1-9,15H,11H2,(H,20,22)/t15-/m1/s1. The number of rotatable bonds is 5. The normalized spacial score (nSPS) is 11.3. The van der Waals surface area contributed by atoms with Gasteiger partial charge in [0.15, 0.2) is 11.7 Å². The van der Waals surface area contributed by atoms with Gasteiger partial charge in [-0.1, -0.05) is 41.9 Å². The molecule has 1 atom stereocenters. The van der Waals surface area contributed by atoms with Gasteiger partial charge in [0.05, 0.1) is 6.07 Å². The van der Waals surface area contributed by atoms with E-state index in [1.165, 1.54) is 12.1 Å². The van der Waals surface area contributed by atoms with Crippen LogP contribution in [0.3, 0.4) is 0 Å². The van der Waals surface area contributed by atoms with Crippen LogP contribution in [0.4, 0.5) is 0 Å². The van der Waals surface area contributed by atoms with Crippen LogP contribution in [-0.4, -0.2) is 11.7 Å². The average molecular weight is 313 g/mol. The lowest BCUT2D eigenvalue weighted by Gasteiger charge is -2.10. The summed E-state index contributed by atoms with van der Waals surface area (Å²) in [5, 5.41) is 12.2. The number of Topliss-reactive ketones (excluding diaryl/α,β-unsaturated/α-hetero) is 1. The monoisotopic (exact) mass is 312 g/mol. The number of carbonyl (C=O) groups is 2. The largest absolute Gasteiger partial charge is 0.350 e. The van der Waals surface area contributed by atoms with Crippen molar-refractivity contribution in [2.24, 2.45) is 5.92 Å². The molecule has 2 aromatic rings. The van der Waals surface area contributed by atoms with Crippen molar-refractivity contribution >= 4 is 23.3 Å². The number of nitriles is 1.